The average molecular weight is 261 g/mol. The molecule has 98 valence electrons. The molecule has 0 saturated carbocycles. The highest BCUT2D eigenvalue weighted by Crippen LogP contribution is 2.17. The molecule has 0 amide bonds. The van der Waals surface area contributed by atoms with Gasteiger partial charge in [-0.15, -0.1) is 0 Å². The first-order chi connectivity index (χ1) is 9.15. The number of hydrogen-bond acceptors (Lipinski definition) is 4. The lowest BCUT2D eigenvalue weighted by atomic mass is 10.1. The summed E-state index contributed by atoms with van der Waals surface area (Å²) in [5.41, 5.74) is 1.41. The molecule has 0 aliphatic heterocycles. The van der Waals surface area contributed by atoms with Crippen LogP contribution in [0.5, 0.6) is 0 Å². The molecule has 1 aromatic carbocycles. The monoisotopic (exact) mass is 261 g/mol. The van der Waals surface area contributed by atoms with Crippen molar-refractivity contribution in [3.63, 3.8) is 0 Å². The second kappa shape index (κ2) is 5.90. The fraction of sp³-hybridized carbons (Fsp3) is 0.154. The van der Waals surface area contributed by atoms with Crippen LogP contribution in [0.15, 0.2) is 36.5 Å². The van der Waals surface area contributed by atoms with Crippen LogP contribution in [0.3, 0.4) is 0 Å². The molecule has 2 rings (SSSR count). The molecule has 0 radical (unpaired) electrons. The molecule has 0 unspecified atom stereocenters. The van der Waals surface area contributed by atoms with Gasteiger partial charge >= 0.3 is 5.97 Å². The van der Waals surface area contributed by atoms with Crippen molar-refractivity contribution in [3.05, 3.63) is 42.3 Å². The Balaban J connectivity index is 2.10. The number of carbonyl (C=O) groups is 1. The van der Waals surface area contributed by atoms with Crippen LogP contribution in [0, 0.1) is 5.82 Å². The molecular formula is C13H12FN3O2. The van der Waals surface area contributed by atoms with Crippen LogP contribution in [-0.2, 0) is 4.79 Å². The van der Waals surface area contributed by atoms with Gasteiger partial charge in [0.25, 0.3) is 0 Å². The van der Waals surface area contributed by atoms with E-state index in [4.69, 9.17) is 5.11 Å². The molecule has 6 heteroatoms. The topological polar surface area (TPSA) is 75.1 Å². The summed E-state index contributed by atoms with van der Waals surface area (Å²) in [6, 6.07) is 7.66. The van der Waals surface area contributed by atoms with Gasteiger partial charge in [0.15, 0.2) is 0 Å². The SMILES string of the molecule is O=C(O)CCNc1nccc(-c2ccc(F)cc2)n1. The average Bonchev–Trinajstić information content (AvgIpc) is 2.39. The predicted molar refractivity (Wildman–Crippen MR) is 68.2 cm³/mol. The van der Waals surface area contributed by atoms with Crippen LogP contribution >= 0.6 is 0 Å². The Labute approximate surface area is 109 Å². The van der Waals surface area contributed by atoms with E-state index in [9.17, 15) is 9.18 Å². The summed E-state index contributed by atoms with van der Waals surface area (Å²) in [6.45, 7) is 0.252. The number of aliphatic carboxylic acids is 1. The van der Waals surface area contributed by atoms with Gasteiger partial charge in [-0.3, -0.25) is 4.79 Å². The Hall–Kier alpha value is -2.50. The first kappa shape index (κ1) is 12.9. The number of benzene rings is 1. The number of anilines is 1. The lowest BCUT2D eigenvalue weighted by Gasteiger charge is -2.05. The third kappa shape index (κ3) is 3.74. The van der Waals surface area contributed by atoms with Crippen molar-refractivity contribution in [1.29, 1.82) is 0 Å². The molecule has 2 aromatic rings. The number of aromatic nitrogens is 2. The molecule has 0 saturated heterocycles. The summed E-state index contributed by atoms with van der Waals surface area (Å²) in [7, 11) is 0. The first-order valence-corrected chi connectivity index (χ1v) is 5.70. The summed E-state index contributed by atoms with van der Waals surface area (Å²) >= 11 is 0. The zero-order valence-electron chi connectivity index (χ0n) is 10.0. The maximum atomic E-state index is 12.8. The van der Waals surface area contributed by atoms with E-state index in [1.807, 2.05) is 0 Å². The van der Waals surface area contributed by atoms with Gasteiger partial charge in [-0.25, -0.2) is 14.4 Å². The molecule has 1 heterocycles. The summed E-state index contributed by atoms with van der Waals surface area (Å²) < 4.78 is 12.8. The molecule has 0 atom stereocenters. The molecule has 2 N–H and O–H groups in total. The number of carboxylic acids is 1. The Morgan fingerprint density at radius 1 is 1.26 bits per heavy atom. The van der Waals surface area contributed by atoms with Gasteiger partial charge in [-0.1, -0.05) is 0 Å². The van der Waals surface area contributed by atoms with Crippen molar-refractivity contribution in [2.24, 2.45) is 0 Å². The summed E-state index contributed by atoms with van der Waals surface area (Å²) in [5, 5.41) is 11.4. The lowest BCUT2D eigenvalue weighted by molar-refractivity contribution is -0.136. The van der Waals surface area contributed by atoms with E-state index in [0.29, 0.717) is 11.6 Å². The largest absolute Gasteiger partial charge is 0.481 e. The Morgan fingerprint density at radius 3 is 2.68 bits per heavy atom. The zero-order valence-corrected chi connectivity index (χ0v) is 10.0. The van der Waals surface area contributed by atoms with E-state index in [1.165, 1.54) is 12.1 Å². The van der Waals surface area contributed by atoms with Crippen LogP contribution in [0.2, 0.25) is 0 Å². The molecule has 0 fully saturated rings. The molecule has 0 aliphatic rings. The van der Waals surface area contributed by atoms with Crippen LogP contribution in [0.25, 0.3) is 11.3 Å². The van der Waals surface area contributed by atoms with Crippen LogP contribution < -0.4 is 5.32 Å². The normalized spacial score (nSPS) is 10.2. The van der Waals surface area contributed by atoms with Crippen molar-refractivity contribution >= 4 is 11.9 Å². The maximum absolute atomic E-state index is 12.8. The maximum Gasteiger partial charge on any atom is 0.305 e. The van der Waals surface area contributed by atoms with Crippen LogP contribution in [0.1, 0.15) is 6.42 Å². The van der Waals surface area contributed by atoms with Gasteiger partial charge in [-0.2, -0.15) is 0 Å². The van der Waals surface area contributed by atoms with E-state index >= 15 is 0 Å². The van der Waals surface area contributed by atoms with Crippen LogP contribution in [-0.4, -0.2) is 27.6 Å². The van der Waals surface area contributed by atoms with Gasteiger partial charge in [0, 0.05) is 18.3 Å². The lowest BCUT2D eigenvalue weighted by Crippen LogP contribution is -2.09. The minimum atomic E-state index is -0.887. The molecule has 0 aliphatic carbocycles. The quantitative estimate of drug-likeness (QED) is 0.862. The van der Waals surface area contributed by atoms with Crippen molar-refractivity contribution < 1.29 is 14.3 Å². The Bertz CT molecular complexity index is 572. The minimum Gasteiger partial charge on any atom is -0.481 e. The fourth-order valence-electron chi connectivity index (χ4n) is 1.51. The standard InChI is InChI=1S/C13H12FN3O2/c14-10-3-1-9(2-4-10)11-5-7-15-13(17-11)16-8-6-12(18)19/h1-5,7H,6,8H2,(H,18,19)(H,15,16,17). The third-order valence-electron chi connectivity index (χ3n) is 2.42. The number of carboxylic acid groups (broad SMARTS) is 1. The number of nitrogens with zero attached hydrogens (tertiary/aromatic N) is 2. The summed E-state index contributed by atoms with van der Waals surface area (Å²) in [4.78, 5) is 18.6. The van der Waals surface area contributed by atoms with E-state index < -0.39 is 5.97 Å². The second-order valence-electron chi connectivity index (χ2n) is 3.84. The van der Waals surface area contributed by atoms with Gasteiger partial charge < -0.3 is 10.4 Å². The molecule has 19 heavy (non-hydrogen) atoms. The zero-order chi connectivity index (χ0) is 13.7. The van der Waals surface area contributed by atoms with Gasteiger partial charge in [0.05, 0.1) is 12.1 Å². The highest BCUT2D eigenvalue weighted by molar-refractivity contribution is 5.67. The van der Waals surface area contributed by atoms with E-state index in [2.05, 4.69) is 15.3 Å². The van der Waals surface area contributed by atoms with Gasteiger partial charge in [0.1, 0.15) is 5.82 Å². The summed E-state index contributed by atoms with van der Waals surface area (Å²) in [6.07, 6.45) is 1.55. The summed E-state index contributed by atoms with van der Waals surface area (Å²) in [5.74, 6) is -0.845. The molecular weight excluding hydrogens is 249 g/mol. The van der Waals surface area contributed by atoms with E-state index in [-0.39, 0.29) is 18.8 Å². The van der Waals surface area contributed by atoms with Crippen molar-refractivity contribution in [3.8, 4) is 11.3 Å². The third-order valence-corrected chi connectivity index (χ3v) is 2.42. The van der Waals surface area contributed by atoms with Gasteiger partial charge in [0.2, 0.25) is 5.95 Å². The van der Waals surface area contributed by atoms with Crippen molar-refractivity contribution in [2.45, 2.75) is 6.42 Å². The minimum absolute atomic E-state index is 0.00979. The molecule has 1 aromatic heterocycles. The van der Waals surface area contributed by atoms with Crippen molar-refractivity contribution in [1.82, 2.24) is 9.97 Å². The van der Waals surface area contributed by atoms with E-state index in [1.54, 1.807) is 24.4 Å². The predicted octanol–water partition coefficient (Wildman–Crippen LogP) is 2.17. The number of nitrogens with one attached hydrogen (secondary N) is 1. The Morgan fingerprint density at radius 2 is 2.00 bits per heavy atom. The number of halogens is 1. The first-order valence-electron chi connectivity index (χ1n) is 5.70. The molecule has 0 bridgehead atoms. The highest BCUT2D eigenvalue weighted by atomic mass is 19.1. The Kier molecular flexibility index (Phi) is 4.02. The smallest absolute Gasteiger partial charge is 0.305 e. The number of rotatable bonds is 5. The second-order valence-corrected chi connectivity index (χ2v) is 3.84. The highest BCUT2D eigenvalue weighted by Gasteiger charge is 2.03. The van der Waals surface area contributed by atoms with E-state index in [0.717, 1.165) is 5.56 Å². The van der Waals surface area contributed by atoms with Crippen molar-refractivity contribution in [2.75, 3.05) is 11.9 Å². The van der Waals surface area contributed by atoms with Crippen LogP contribution in [0.4, 0.5) is 10.3 Å². The molecule has 5 nitrogen and oxygen atoms in total. The van der Waals surface area contributed by atoms with Gasteiger partial charge in [-0.05, 0) is 30.3 Å². The number of hydrogen-bond donors (Lipinski definition) is 2. The fourth-order valence-corrected chi connectivity index (χ4v) is 1.51. The molecule has 0 spiro atoms.